The average molecular weight is 238 g/mol. The van der Waals surface area contributed by atoms with Crippen molar-refractivity contribution in [3.8, 4) is 0 Å². The summed E-state index contributed by atoms with van der Waals surface area (Å²) in [5, 5.41) is 0. The van der Waals surface area contributed by atoms with Gasteiger partial charge in [-0.3, -0.25) is 4.79 Å². The van der Waals surface area contributed by atoms with Crippen molar-refractivity contribution >= 4 is 5.91 Å². The first-order valence-corrected chi connectivity index (χ1v) is 7.32. The fraction of sp³-hybridized carbons (Fsp3) is 0.929. The minimum atomic E-state index is 0.201. The molecule has 2 fully saturated rings. The molecule has 2 N–H and O–H groups in total. The molecular weight excluding hydrogens is 212 g/mol. The number of rotatable bonds is 1. The molecule has 3 heteroatoms. The van der Waals surface area contributed by atoms with E-state index in [4.69, 9.17) is 5.73 Å². The summed E-state index contributed by atoms with van der Waals surface area (Å²) in [7, 11) is 0. The molecule has 1 amide bonds. The molecule has 0 radical (unpaired) electrons. The van der Waals surface area contributed by atoms with Crippen molar-refractivity contribution in [1.29, 1.82) is 0 Å². The van der Waals surface area contributed by atoms with Gasteiger partial charge in [-0.15, -0.1) is 0 Å². The lowest BCUT2D eigenvalue weighted by atomic mass is 9.98. The van der Waals surface area contributed by atoms with E-state index in [1.807, 2.05) is 4.90 Å². The summed E-state index contributed by atoms with van der Waals surface area (Å²) in [5.74, 6) is 0.687. The Hall–Kier alpha value is -0.570. The zero-order valence-corrected chi connectivity index (χ0v) is 10.9. The number of nitrogens with two attached hydrogens (primary N) is 1. The third-order valence-electron chi connectivity index (χ3n) is 4.22. The molecule has 3 nitrogen and oxygen atoms in total. The maximum atomic E-state index is 12.5. The van der Waals surface area contributed by atoms with Gasteiger partial charge >= 0.3 is 0 Å². The largest absolute Gasteiger partial charge is 0.341 e. The molecule has 1 aliphatic heterocycles. The van der Waals surface area contributed by atoms with E-state index >= 15 is 0 Å². The van der Waals surface area contributed by atoms with E-state index in [2.05, 4.69) is 0 Å². The Morgan fingerprint density at radius 1 is 0.941 bits per heavy atom. The Balaban J connectivity index is 1.92. The van der Waals surface area contributed by atoms with E-state index < -0.39 is 0 Å². The van der Waals surface area contributed by atoms with Gasteiger partial charge in [0.25, 0.3) is 0 Å². The Labute approximate surface area is 105 Å². The SMILES string of the molecule is N[C@@H]1CCCCN(C(=O)C2CCCCCC2)C1. The van der Waals surface area contributed by atoms with Crippen LogP contribution in [0.2, 0.25) is 0 Å². The molecule has 98 valence electrons. The molecule has 0 bridgehead atoms. The predicted molar refractivity (Wildman–Crippen MR) is 69.6 cm³/mol. The summed E-state index contributed by atoms with van der Waals surface area (Å²) >= 11 is 0. The van der Waals surface area contributed by atoms with E-state index in [1.54, 1.807) is 0 Å². The number of amides is 1. The van der Waals surface area contributed by atoms with Gasteiger partial charge in [-0.2, -0.15) is 0 Å². The van der Waals surface area contributed by atoms with Crippen molar-refractivity contribution in [2.45, 2.75) is 63.8 Å². The molecule has 2 aliphatic rings. The van der Waals surface area contributed by atoms with Crippen molar-refractivity contribution < 1.29 is 4.79 Å². The molecule has 1 atom stereocenters. The van der Waals surface area contributed by atoms with Gasteiger partial charge in [0.2, 0.25) is 5.91 Å². The summed E-state index contributed by atoms with van der Waals surface area (Å²) in [6, 6.07) is 0.201. The lowest BCUT2D eigenvalue weighted by molar-refractivity contribution is -0.136. The van der Waals surface area contributed by atoms with Gasteiger partial charge in [0.1, 0.15) is 0 Å². The Morgan fingerprint density at radius 3 is 2.29 bits per heavy atom. The molecule has 0 aromatic carbocycles. The summed E-state index contributed by atoms with van der Waals surface area (Å²) < 4.78 is 0. The summed E-state index contributed by atoms with van der Waals surface area (Å²) in [6.07, 6.45) is 10.7. The van der Waals surface area contributed by atoms with E-state index in [-0.39, 0.29) is 6.04 Å². The molecule has 17 heavy (non-hydrogen) atoms. The minimum Gasteiger partial charge on any atom is -0.341 e. The van der Waals surface area contributed by atoms with Crippen LogP contribution in [0, 0.1) is 5.92 Å². The van der Waals surface area contributed by atoms with Gasteiger partial charge in [-0.05, 0) is 25.7 Å². The van der Waals surface area contributed by atoms with Gasteiger partial charge in [0.15, 0.2) is 0 Å². The van der Waals surface area contributed by atoms with Crippen LogP contribution in [0.1, 0.15) is 57.8 Å². The molecule has 1 saturated heterocycles. The average Bonchev–Trinajstić information content (AvgIpc) is 2.70. The van der Waals surface area contributed by atoms with Crippen molar-refractivity contribution in [1.82, 2.24) is 4.90 Å². The smallest absolute Gasteiger partial charge is 0.225 e. The number of likely N-dealkylation sites (tertiary alicyclic amines) is 1. The highest BCUT2D eigenvalue weighted by atomic mass is 16.2. The number of hydrogen-bond acceptors (Lipinski definition) is 2. The molecule has 1 heterocycles. The number of hydrogen-bond donors (Lipinski definition) is 1. The highest BCUT2D eigenvalue weighted by Crippen LogP contribution is 2.25. The van der Waals surface area contributed by atoms with Gasteiger partial charge < -0.3 is 10.6 Å². The topological polar surface area (TPSA) is 46.3 Å². The maximum absolute atomic E-state index is 12.5. The quantitative estimate of drug-likeness (QED) is 0.712. The number of carbonyl (C=O) groups is 1. The van der Waals surface area contributed by atoms with Crippen LogP contribution in [0.15, 0.2) is 0 Å². The van der Waals surface area contributed by atoms with Crippen molar-refractivity contribution in [3.63, 3.8) is 0 Å². The van der Waals surface area contributed by atoms with Crippen LogP contribution in [0.4, 0.5) is 0 Å². The zero-order chi connectivity index (χ0) is 12.1. The second-order valence-corrected chi connectivity index (χ2v) is 5.73. The lowest BCUT2D eigenvalue weighted by Gasteiger charge is -2.27. The van der Waals surface area contributed by atoms with Gasteiger partial charge in [-0.25, -0.2) is 0 Å². The zero-order valence-electron chi connectivity index (χ0n) is 10.9. The van der Waals surface area contributed by atoms with Gasteiger partial charge in [0, 0.05) is 25.0 Å². The highest BCUT2D eigenvalue weighted by Gasteiger charge is 2.27. The molecule has 1 saturated carbocycles. The van der Waals surface area contributed by atoms with Gasteiger partial charge in [0.05, 0.1) is 0 Å². The van der Waals surface area contributed by atoms with Crippen LogP contribution < -0.4 is 5.73 Å². The van der Waals surface area contributed by atoms with Crippen molar-refractivity contribution in [3.05, 3.63) is 0 Å². The minimum absolute atomic E-state index is 0.201. The Morgan fingerprint density at radius 2 is 1.59 bits per heavy atom. The summed E-state index contributed by atoms with van der Waals surface area (Å²) in [4.78, 5) is 14.5. The second-order valence-electron chi connectivity index (χ2n) is 5.73. The molecule has 0 aromatic heterocycles. The lowest BCUT2D eigenvalue weighted by Crippen LogP contribution is -2.42. The molecule has 0 aromatic rings. The van der Waals surface area contributed by atoms with Crippen LogP contribution in [-0.2, 0) is 4.79 Å². The van der Waals surface area contributed by atoms with E-state index in [9.17, 15) is 4.79 Å². The fourth-order valence-electron chi connectivity index (χ4n) is 3.16. The molecular formula is C14H26N2O. The van der Waals surface area contributed by atoms with Crippen LogP contribution in [0.3, 0.4) is 0 Å². The number of nitrogens with zero attached hydrogens (tertiary/aromatic N) is 1. The van der Waals surface area contributed by atoms with E-state index in [0.717, 1.165) is 38.8 Å². The first-order chi connectivity index (χ1) is 8.27. The molecule has 1 aliphatic carbocycles. The van der Waals surface area contributed by atoms with Crippen LogP contribution in [0.5, 0.6) is 0 Å². The number of carbonyl (C=O) groups excluding carboxylic acids is 1. The van der Waals surface area contributed by atoms with Crippen molar-refractivity contribution in [2.24, 2.45) is 11.7 Å². The van der Waals surface area contributed by atoms with Gasteiger partial charge in [-0.1, -0.05) is 32.1 Å². The third-order valence-corrected chi connectivity index (χ3v) is 4.22. The normalized spacial score (nSPS) is 28.5. The Kier molecular flexibility index (Phi) is 4.84. The molecule has 0 spiro atoms. The monoisotopic (exact) mass is 238 g/mol. The Bertz CT molecular complexity index is 247. The van der Waals surface area contributed by atoms with E-state index in [1.165, 1.54) is 32.1 Å². The highest BCUT2D eigenvalue weighted by molar-refractivity contribution is 5.79. The second kappa shape index (κ2) is 6.39. The summed E-state index contributed by atoms with van der Waals surface area (Å²) in [5.41, 5.74) is 6.03. The fourth-order valence-corrected chi connectivity index (χ4v) is 3.16. The summed E-state index contributed by atoms with van der Waals surface area (Å²) in [6.45, 7) is 1.72. The first kappa shape index (κ1) is 12.9. The molecule has 2 rings (SSSR count). The van der Waals surface area contributed by atoms with Crippen molar-refractivity contribution in [2.75, 3.05) is 13.1 Å². The molecule has 0 unspecified atom stereocenters. The first-order valence-electron chi connectivity index (χ1n) is 7.32. The maximum Gasteiger partial charge on any atom is 0.225 e. The van der Waals surface area contributed by atoms with Crippen LogP contribution in [0.25, 0.3) is 0 Å². The third kappa shape index (κ3) is 3.70. The van der Waals surface area contributed by atoms with Crippen LogP contribution in [-0.4, -0.2) is 29.9 Å². The van der Waals surface area contributed by atoms with Crippen LogP contribution >= 0.6 is 0 Å². The predicted octanol–water partition coefficient (Wildman–Crippen LogP) is 2.30. The van der Waals surface area contributed by atoms with E-state index in [0.29, 0.717) is 11.8 Å². The standard InChI is InChI=1S/C14H26N2O/c15-13-9-5-6-10-16(11-13)14(17)12-7-3-1-2-4-8-12/h12-13H,1-11,15H2/t13-/m1/s1.